The molecule has 1 unspecified atom stereocenters. The molecule has 1 atom stereocenters. The van der Waals surface area contributed by atoms with Crippen molar-refractivity contribution in [2.45, 2.75) is 125 Å². The van der Waals surface area contributed by atoms with Gasteiger partial charge in [-0.1, -0.05) is 92.4 Å². The molecule has 0 aliphatic carbocycles. The molecule has 0 N–H and O–H groups in total. The standard InChI is InChI=1S/C16H36P.C12H19NO3/c1-5-9-13-17(14-10-6-2,15-11-7-3)16-12-8-4;1-2-3-4-5-6-7-8-16-12(15)11(9-13)10-14/h5-16H2,1-4H3;10-11H,2-8H2,1H3/q+1;. The SMILES string of the molecule is CCCCCCCCOC(=O)C(C#N)C=O.CCCC[P+](CCCC)(CCCC)CCCC. The number of ether oxygens (including phenoxy) is 1. The van der Waals surface area contributed by atoms with Crippen molar-refractivity contribution in [3.8, 4) is 6.07 Å². The van der Waals surface area contributed by atoms with E-state index in [1.807, 2.05) is 0 Å². The van der Waals surface area contributed by atoms with Crippen molar-refractivity contribution in [3.63, 3.8) is 0 Å². The van der Waals surface area contributed by atoms with E-state index in [1.165, 1.54) is 70.6 Å². The Morgan fingerprint density at radius 1 is 0.727 bits per heavy atom. The van der Waals surface area contributed by atoms with Gasteiger partial charge in [0.15, 0.2) is 5.92 Å². The predicted octanol–water partition coefficient (Wildman–Crippen LogP) is 8.43. The Labute approximate surface area is 207 Å². The molecule has 0 spiro atoms. The molecule has 0 bridgehead atoms. The Hall–Kier alpha value is -0.940. The lowest BCUT2D eigenvalue weighted by molar-refractivity contribution is -0.147. The summed E-state index contributed by atoms with van der Waals surface area (Å²) >= 11 is 0. The third kappa shape index (κ3) is 20.2. The summed E-state index contributed by atoms with van der Waals surface area (Å²) in [6.07, 6.45) is 24.9. The van der Waals surface area contributed by atoms with Gasteiger partial charge in [-0.05, 0) is 32.1 Å². The molecular weight excluding hydrogens is 429 g/mol. The summed E-state index contributed by atoms with van der Waals surface area (Å²) < 4.78 is 4.80. The molecule has 0 aromatic heterocycles. The van der Waals surface area contributed by atoms with E-state index in [1.54, 1.807) is 30.7 Å². The third-order valence-electron chi connectivity index (χ3n) is 6.22. The number of nitrogens with zero attached hydrogens (tertiary/aromatic N) is 1. The fourth-order valence-electron chi connectivity index (χ4n) is 3.93. The lowest BCUT2D eigenvalue weighted by Crippen LogP contribution is -2.17. The fraction of sp³-hybridized carbons (Fsp3) is 0.893. The van der Waals surface area contributed by atoms with E-state index in [0.29, 0.717) is 12.9 Å². The van der Waals surface area contributed by atoms with E-state index < -0.39 is 19.1 Å². The maximum atomic E-state index is 11.1. The number of unbranched alkanes of at least 4 members (excludes halogenated alkanes) is 9. The number of esters is 1. The number of carbonyl (C=O) groups excluding carboxylic acids is 2. The molecule has 33 heavy (non-hydrogen) atoms. The Bertz CT molecular complexity index is 453. The molecule has 194 valence electrons. The van der Waals surface area contributed by atoms with Crippen molar-refractivity contribution in [3.05, 3.63) is 0 Å². The molecule has 0 aliphatic rings. The molecule has 0 rings (SSSR count). The molecule has 5 heteroatoms. The lowest BCUT2D eigenvalue weighted by atomic mass is 10.1. The van der Waals surface area contributed by atoms with Crippen LogP contribution in [-0.4, -0.2) is 43.5 Å². The van der Waals surface area contributed by atoms with Crippen LogP contribution in [0.2, 0.25) is 0 Å². The van der Waals surface area contributed by atoms with Crippen molar-refractivity contribution in [1.82, 2.24) is 0 Å². The molecule has 0 radical (unpaired) electrons. The van der Waals surface area contributed by atoms with Gasteiger partial charge in [0.2, 0.25) is 0 Å². The van der Waals surface area contributed by atoms with Crippen LogP contribution >= 0.6 is 7.26 Å². The minimum absolute atomic E-state index is 0.303. The van der Waals surface area contributed by atoms with Crippen LogP contribution in [0.1, 0.15) is 125 Å². The molecule has 0 aromatic carbocycles. The third-order valence-corrected chi connectivity index (χ3v) is 11.3. The summed E-state index contributed by atoms with van der Waals surface area (Å²) in [5, 5.41) is 8.41. The van der Waals surface area contributed by atoms with Crippen molar-refractivity contribution in [1.29, 1.82) is 5.26 Å². The van der Waals surface area contributed by atoms with Gasteiger partial charge in [0.05, 0.1) is 37.3 Å². The van der Waals surface area contributed by atoms with Gasteiger partial charge in [-0.25, -0.2) is 0 Å². The highest BCUT2D eigenvalue weighted by atomic mass is 31.2. The minimum Gasteiger partial charge on any atom is -0.464 e. The monoisotopic (exact) mass is 484 g/mol. The minimum atomic E-state index is -1.26. The van der Waals surface area contributed by atoms with Crippen LogP contribution in [0.3, 0.4) is 0 Å². The second kappa shape index (κ2) is 25.7. The Kier molecular flexibility index (Phi) is 26.6. The van der Waals surface area contributed by atoms with Gasteiger partial charge in [-0.15, -0.1) is 0 Å². The first-order valence-electron chi connectivity index (χ1n) is 13.9. The molecular formula is C28H55NO3P+. The van der Waals surface area contributed by atoms with Gasteiger partial charge < -0.3 is 9.53 Å². The smallest absolute Gasteiger partial charge is 0.330 e. The van der Waals surface area contributed by atoms with Gasteiger partial charge in [-0.2, -0.15) is 5.26 Å². The van der Waals surface area contributed by atoms with Crippen LogP contribution in [0.4, 0.5) is 0 Å². The fourth-order valence-corrected chi connectivity index (χ4v) is 9.22. The molecule has 4 nitrogen and oxygen atoms in total. The Morgan fingerprint density at radius 3 is 1.48 bits per heavy atom. The molecule has 0 fully saturated rings. The Balaban J connectivity index is 0. The van der Waals surface area contributed by atoms with Gasteiger partial charge in [0.25, 0.3) is 0 Å². The van der Waals surface area contributed by atoms with Crippen molar-refractivity contribution < 1.29 is 14.3 Å². The maximum absolute atomic E-state index is 11.1. The first-order valence-corrected chi connectivity index (χ1v) is 16.4. The number of hydrogen-bond donors (Lipinski definition) is 0. The number of hydrogen-bond acceptors (Lipinski definition) is 4. The zero-order valence-electron chi connectivity index (χ0n) is 22.7. The summed E-state index contributed by atoms with van der Waals surface area (Å²) in [6.45, 7) is 11.9. The first-order chi connectivity index (χ1) is 16.0. The predicted molar refractivity (Wildman–Crippen MR) is 146 cm³/mol. The van der Waals surface area contributed by atoms with E-state index >= 15 is 0 Å². The average Bonchev–Trinajstić information content (AvgIpc) is 2.83. The topological polar surface area (TPSA) is 67.2 Å². The van der Waals surface area contributed by atoms with Crippen LogP contribution in [0.15, 0.2) is 0 Å². The first kappa shape index (κ1) is 34.2. The summed E-state index contributed by atoms with van der Waals surface area (Å²) in [4.78, 5) is 21.3. The van der Waals surface area contributed by atoms with Crippen LogP contribution < -0.4 is 0 Å². The van der Waals surface area contributed by atoms with Gasteiger partial charge >= 0.3 is 5.97 Å². The van der Waals surface area contributed by atoms with Gasteiger partial charge in [0.1, 0.15) is 6.29 Å². The second-order valence-electron chi connectivity index (χ2n) is 9.33. The largest absolute Gasteiger partial charge is 0.464 e. The number of rotatable bonds is 21. The maximum Gasteiger partial charge on any atom is 0.330 e. The summed E-state index contributed by atoms with van der Waals surface area (Å²) in [5.74, 6) is -1.99. The summed E-state index contributed by atoms with van der Waals surface area (Å²) in [6, 6.07) is 1.58. The van der Waals surface area contributed by atoms with Crippen LogP contribution in [0.25, 0.3) is 0 Å². The van der Waals surface area contributed by atoms with Crippen LogP contribution in [0, 0.1) is 17.2 Å². The molecule has 0 aliphatic heterocycles. The highest BCUT2D eigenvalue weighted by molar-refractivity contribution is 7.75. The highest BCUT2D eigenvalue weighted by Crippen LogP contribution is 2.61. The molecule has 0 amide bonds. The van der Waals surface area contributed by atoms with Crippen molar-refractivity contribution >= 4 is 19.5 Å². The molecule has 0 heterocycles. The van der Waals surface area contributed by atoms with Crippen molar-refractivity contribution in [2.75, 3.05) is 31.3 Å². The normalized spacial score (nSPS) is 11.8. The van der Waals surface area contributed by atoms with Gasteiger partial charge in [-0.3, -0.25) is 4.79 Å². The summed E-state index contributed by atoms with van der Waals surface area (Å²) in [7, 11) is -0.562. The summed E-state index contributed by atoms with van der Waals surface area (Å²) in [5.41, 5.74) is 0. The zero-order chi connectivity index (χ0) is 25.2. The molecule has 0 saturated heterocycles. The lowest BCUT2D eigenvalue weighted by Gasteiger charge is -2.28. The van der Waals surface area contributed by atoms with Crippen LogP contribution in [0.5, 0.6) is 0 Å². The average molecular weight is 485 g/mol. The van der Waals surface area contributed by atoms with Gasteiger partial charge in [0, 0.05) is 7.26 Å². The van der Waals surface area contributed by atoms with Crippen molar-refractivity contribution in [2.24, 2.45) is 5.92 Å². The molecule has 0 saturated carbocycles. The van der Waals surface area contributed by atoms with E-state index in [-0.39, 0.29) is 0 Å². The zero-order valence-corrected chi connectivity index (χ0v) is 23.6. The quantitative estimate of drug-likeness (QED) is 0.0539. The van der Waals surface area contributed by atoms with E-state index in [2.05, 4.69) is 34.6 Å². The van der Waals surface area contributed by atoms with Crippen LogP contribution in [-0.2, 0) is 14.3 Å². The number of aldehydes is 1. The van der Waals surface area contributed by atoms with E-state index in [0.717, 1.165) is 19.3 Å². The number of carbonyl (C=O) groups is 2. The van der Waals surface area contributed by atoms with E-state index in [4.69, 9.17) is 10.00 Å². The van der Waals surface area contributed by atoms with E-state index in [9.17, 15) is 9.59 Å². The highest BCUT2D eigenvalue weighted by Gasteiger charge is 2.34. The second-order valence-corrected chi connectivity index (χ2v) is 13.8. The number of nitriles is 1. The molecule has 0 aromatic rings. The Morgan fingerprint density at radius 2 is 1.12 bits per heavy atom.